The first-order chi connectivity index (χ1) is 8.99. The predicted octanol–water partition coefficient (Wildman–Crippen LogP) is 0.773. The molecule has 7 heteroatoms. The normalized spacial score (nSPS) is 10.2. The smallest absolute Gasteiger partial charge is 0.295 e. The second-order valence-electron chi connectivity index (χ2n) is 4.04. The Morgan fingerprint density at radius 1 is 1.32 bits per heavy atom. The van der Waals surface area contributed by atoms with Crippen LogP contribution in [0.25, 0.3) is 0 Å². The molecule has 0 spiro atoms. The molecule has 1 heterocycles. The zero-order valence-corrected chi connectivity index (χ0v) is 10.5. The van der Waals surface area contributed by atoms with Crippen molar-refractivity contribution >= 4 is 17.5 Å². The van der Waals surface area contributed by atoms with E-state index in [9.17, 15) is 9.59 Å². The van der Waals surface area contributed by atoms with Crippen molar-refractivity contribution in [3.05, 3.63) is 41.0 Å². The summed E-state index contributed by atoms with van der Waals surface area (Å²) < 4.78 is 0. The highest BCUT2D eigenvalue weighted by atomic mass is 16.2. The van der Waals surface area contributed by atoms with Gasteiger partial charge in [-0.1, -0.05) is 6.07 Å². The number of nitrogens with zero attached hydrogens (tertiary/aromatic N) is 2. The molecule has 7 nitrogen and oxygen atoms in total. The van der Waals surface area contributed by atoms with E-state index < -0.39 is 11.8 Å². The Morgan fingerprint density at radius 3 is 2.63 bits per heavy atom. The van der Waals surface area contributed by atoms with E-state index in [1.165, 1.54) is 0 Å². The molecule has 2 aromatic rings. The molecule has 0 bridgehead atoms. The highest BCUT2D eigenvalue weighted by molar-refractivity contribution is 6.03. The number of carbonyl (C=O) groups is 2. The number of rotatable bonds is 3. The van der Waals surface area contributed by atoms with Crippen molar-refractivity contribution in [3.63, 3.8) is 0 Å². The number of aromatic nitrogens is 3. The van der Waals surface area contributed by atoms with E-state index in [1.807, 2.05) is 0 Å². The molecule has 2 rings (SSSR count). The molecule has 0 aliphatic carbocycles. The Bertz CT molecular complexity index is 647. The largest absolute Gasteiger partial charge is 0.366 e. The van der Waals surface area contributed by atoms with Crippen molar-refractivity contribution in [3.8, 4) is 0 Å². The van der Waals surface area contributed by atoms with Crippen LogP contribution in [0.4, 0.5) is 5.69 Å². The van der Waals surface area contributed by atoms with E-state index in [-0.39, 0.29) is 5.82 Å². The topological polar surface area (TPSA) is 114 Å². The lowest BCUT2D eigenvalue weighted by Gasteiger charge is -2.09. The SMILES string of the molecule is Cc1nc(C(=O)Nc2cccc(C(N)=O)c2C)n[nH]1. The van der Waals surface area contributed by atoms with Gasteiger partial charge >= 0.3 is 0 Å². The van der Waals surface area contributed by atoms with Crippen LogP contribution in [-0.2, 0) is 0 Å². The van der Waals surface area contributed by atoms with Crippen LogP contribution in [0, 0.1) is 13.8 Å². The Kier molecular flexibility index (Phi) is 3.28. The van der Waals surface area contributed by atoms with Gasteiger partial charge in [0.05, 0.1) is 0 Å². The van der Waals surface area contributed by atoms with Crippen molar-refractivity contribution in [2.75, 3.05) is 5.32 Å². The highest BCUT2D eigenvalue weighted by Crippen LogP contribution is 2.18. The van der Waals surface area contributed by atoms with Crippen LogP contribution in [-0.4, -0.2) is 27.0 Å². The molecule has 0 saturated heterocycles. The average molecular weight is 259 g/mol. The van der Waals surface area contributed by atoms with Gasteiger partial charge in [0.15, 0.2) is 0 Å². The number of aryl methyl sites for hydroxylation is 1. The molecule has 0 radical (unpaired) electrons. The molecule has 1 aromatic carbocycles. The summed E-state index contributed by atoms with van der Waals surface area (Å²) in [5, 5.41) is 8.99. The third-order valence-corrected chi connectivity index (χ3v) is 2.65. The zero-order chi connectivity index (χ0) is 14.0. The second-order valence-corrected chi connectivity index (χ2v) is 4.04. The number of hydrogen-bond donors (Lipinski definition) is 3. The first-order valence-corrected chi connectivity index (χ1v) is 5.59. The summed E-state index contributed by atoms with van der Waals surface area (Å²) in [6.07, 6.45) is 0. The predicted molar refractivity (Wildman–Crippen MR) is 68.8 cm³/mol. The van der Waals surface area contributed by atoms with Crippen molar-refractivity contribution < 1.29 is 9.59 Å². The van der Waals surface area contributed by atoms with Gasteiger partial charge < -0.3 is 11.1 Å². The molecular formula is C12H13N5O2. The Morgan fingerprint density at radius 2 is 2.05 bits per heavy atom. The maximum absolute atomic E-state index is 11.9. The maximum Gasteiger partial charge on any atom is 0.295 e. The van der Waals surface area contributed by atoms with Crippen LogP contribution in [0.15, 0.2) is 18.2 Å². The number of hydrogen-bond acceptors (Lipinski definition) is 4. The minimum Gasteiger partial charge on any atom is -0.366 e. The van der Waals surface area contributed by atoms with Gasteiger partial charge in [-0.2, -0.15) is 0 Å². The molecule has 0 unspecified atom stereocenters. The zero-order valence-electron chi connectivity index (χ0n) is 10.5. The number of nitrogens with two attached hydrogens (primary N) is 1. The number of aromatic amines is 1. The summed E-state index contributed by atoms with van der Waals surface area (Å²) in [7, 11) is 0. The van der Waals surface area contributed by atoms with Crippen LogP contribution in [0.1, 0.15) is 32.4 Å². The lowest BCUT2D eigenvalue weighted by Crippen LogP contribution is -2.17. The fourth-order valence-corrected chi connectivity index (χ4v) is 1.66. The van der Waals surface area contributed by atoms with Crippen LogP contribution in [0.2, 0.25) is 0 Å². The van der Waals surface area contributed by atoms with Crippen LogP contribution in [0.5, 0.6) is 0 Å². The first-order valence-electron chi connectivity index (χ1n) is 5.59. The van der Waals surface area contributed by atoms with Crippen LogP contribution in [0.3, 0.4) is 0 Å². The fourth-order valence-electron chi connectivity index (χ4n) is 1.66. The standard InChI is InChI=1S/C12H13N5O2/c1-6-8(10(13)18)4-3-5-9(6)15-12(19)11-14-7(2)16-17-11/h3-5H,1-2H3,(H2,13,18)(H,15,19)(H,14,16,17). The van der Waals surface area contributed by atoms with Crippen molar-refractivity contribution in [2.45, 2.75) is 13.8 Å². The number of benzene rings is 1. The number of H-pyrrole nitrogens is 1. The lowest BCUT2D eigenvalue weighted by molar-refractivity contribution is 0.0994. The third kappa shape index (κ3) is 2.59. The monoisotopic (exact) mass is 259 g/mol. The van der Waals surface area contributed by atoms with E-state index in [1.54, 1.807) is 32.0 Å². The van der Waals surface area contributed by atoms with Crippen molar-refractivity contribution in [2.24, 2.45) is 5.73 Å². The van der Waals surface area contributed by atoms with E-state index >= 15 is 0 Å². The molecule has 0 aliphatic heterocycles. The number of primary amides is 1. The summed E-state index contributed by atoms with van der Waals surface area (Å²) in [5.74, 6) is -0.398. The minimum absolute atomic E-state index is 0.0429. The Balaban J connectivity index is 2.27. The Labute approximate surface area is 109 Å². The summed E-state index contributed by atoms with van der Waals surface area (Å²) >= 11 is 0. The van der Waals surface area contributed by atoms with Gasteiger partial charge in [-0.3, -0.25) is 14.7 Å². The summed E-state index contributed by atoms with van der Waals surface area (Å²) in [4.78, 5) is 27.0. The summed E-state index contributed by atoms with van der Waals surface area (Å²) in [5.41, 5.74) is 6.72. The van der Waals surface area contributed by atoms with Gasteiger partial charge in [-0.15, -0.1) is 5.10 Å². The van der Waals surface area contributed by atoms with Crippen LogP contribution >= 0.6 is 0 Å². The summed E-state index contributed by atoms with van der Waals surface area (Å²) in [6, 6.07) is 4.93. The number of amides is 2. The Hall–Kier alpha value is -2.70. The molecule has 0 saturated carbocycles. The molecule has 2 amide bonds. The van der Waals surface area contributed by atoms with Gasteiger partial charge in [0.25, 0.3) is 5.91 Å². The first kappa shape index (κ1) is 12.7. The minimum atomic E-state index is -0.540. The number of carbonyl (C=O) groups excluding carboxylic acids is 2. The van der Waals surface area contributed by atoms with E-state index in [4.69, 9.17) is 5.73 Å². The van der Waals surface area contributed by atoms with Crippen molar-refractivity contribution in [1.82, 2.24) is 15.2 Å². The maximum atomic E-state index is 11.9. The van der Waals surface area contributed by atoms with E-state index in [2.05, 4.69) is 20.5 Å². The second kappa shape index (κ2) is 4.89. The third-order valence-electron chi connectivity index (χ3n) is 2.65. The van der Waals surface area contributed by atoms with E-state index in [0.717, 1.165) is 0 Å². The van der Waals surface area contributed by atoms with Gasteiger partial charge in [-0.25, -0.2) is 4.98 Å². The van der Waals surface area contributed by atoms with Gasteiger partial charge in [0.2, 0.25) is 11.7 Å². The highest BCUT2D eigenvalue weighted by Gasteiger charge is 2.14. The molecule has 0 aliphatic rings. The molecule has 0 fully saturated rings. The lowest BCUT2D eigenvalue weighted by atomic mass is 10.1. The molecule has 1 aromatic heterocycles. The average Bonchev–Trinajstić information content (AvgIpc) is 2.78. The van der Waals surface area contributed by atoms with Crippen LogP contribution < -0.4 is 11.1 Å². The molecule has 98 valence electrons. The molecular weight excluding hydrogens is 246 g/mol. The summed E-state index contributed by atoms with van der Waals surface area (Å²) in [6.45, 7) is 3.40. The van der Waals surface area contributed by atoms with Gasteiger partial charge in [-0.05, 0) is 31.5 Å². The molecule has 0 atom stereocenters. The number of anilines is 1. The quantitative estimate of drug-likeness (QED) is 0.755. The molecule has 4 N–H and O–H groups in total. The molecule has 19 heavy (non-hydrogen) atoms. The van der Waals surface area contributed by atoms with Gasteiger partial charge in [0.1, 0.15) is 5.82 Å². The fraction of sp³-hybridized carbons (Fsp3) is 0.167. The number of nitrogens with one attached hydrogen (secondary N) is 2. The van der Waals surface area contributed by atoms with E-state index in [0.29, 0.717) is 22.6 Å². The van der Waals surface area contributed by atoms with Gasteiger partial charge in [0, 0.05) is 11.3 Å². The van der Waals surface area contributed by atoms with Crippen molar-refractivity contribution in [1.29, 1.82) is 0 Å².